The van der Waals surface area contributed by atoms with Crippen LogP contribution in [0.1, 0.15) is 36.8 Å². The van der Waals surface area contributed by atoms with Crippen LogP contribution < -0.4 is 10.2 Å². The first kappa shape index (κ1) is 24.0. The molecule has 0 radical (unpaired) electrons. The number of rotatable bonds is 4. The highest BCUT2D eigenvalue weighted by atomic mass is 35.5. The molecule has 0 unspecified atom stereocenters. The summed E-state index contributed by atoms with van der Waals surface area (Å²) in [5.41, 5.74) is 3.03. The Morgan fingerprint density at radius 1 is 1.08 bits per heavy atom. The largest absolute Gasteiger partial charge is 0.350 e. The Labute approximate surface area is 214 Å². The van der Waals surface area contributed by atoms with Gasteiger partial charge in [-0.15, -0.1) is 4.91 Å². The number of hydrogen-bond donors (Lipinski definition) is 2. The van der Waals surface area contributed by atoms with Gasteiger partial charge in [0, 0.05) is 34.7 Å². The van der Waals surface area contributed by atoms with E-state index in [0.717, 1.165) is 0 Å². The molecule has 0 spiro atoms. The van der Waals surface area contributed by atoms with Crippen molar-refractivity contribution in [2.24, 2.45) is 5.18 Å². The maximum Gasteiger partial charge on any atom is 0.332 e. The molecule has 37 heavy (non-hydrogen) atoms. The summed E-state index contributed by atoms with van der Waals surface area (Å²) in [5.74, 6) is -2.30. The number of aromatic amines is 1. The van der Waals surface area contributed by atoms with E-state index in [1.54, 1.807) is 36.4 Å². The Bertz CT molecular complexity index is 1570. The first-order valence-corrected chi connectivity index (χ1v) is 11.5. The summed E-state index contributed by atoms with van der Waals surface area (Å²) in [6.45, 7) is 0.195. The van der Waals surface area contributed by atoms with Crippen LogP contribution in [0.5, 0.6) is 0 Å². The number of aromatic nitrogens is 2. The predicted octanol–water partition coefficient (Wildman–Crippen LogP) is 5.23. The smallest absolute Gasteiger partial charge is 0.332 e. The van der Waals surface area contributed by atoms with Crippen LogP contribution in [-0.4, -0.2) is 34.2 Å². The Balaban J connectivity index is 1.42. The molecule has 2 aromatic heterocycles. The molecule has 11 heteroatoms. The fraction of sp³-hybridized carbons (Fsp3) is 0.0769. The minimum absolute atomic E-state index is 0.0280. The zero-order chi connectivity index (χ0) is 26.1. The van der Waals surface area contributed by atoms with Gasteiger partial charge in [0.1, 0.15) is 16.7 Å². The second kappa shape index (κ2) is 9.75. The number of amides is 3. The van der Waals surface area contributed by atoms with Gasteiger partial charge in [-0.3, -0.25) is 14.4 Å². The lowest BCUT2D eigenvalue weighted by molar-refractivity contribution is 0.0982. The minimum atomic E-state index is -0.942. The summed E-state index contributed by atoms with van der Waals surface area (Å²) in [7, 11) is 0. The second-order valence-electron chi connectivity index (χ2n) is 8.22. The fourth-order valence-corrected chi connectivity index (χ4v) is 4.41. The van der Waals surface area contributed by atoms with E-state index in [1.807, 2.05) is 0 Å². The lowest BCUT2D eigenvalue weighted by Crippen LogP contribution is -2.32. The van der Waals surface area contributed by atoms with Gasteiger partial charge in [-0.2, -0.15) is 0 Å². The minimum Gasteiger partial charge on any atom is -0.350 e. The van der Waals surface area contributed by atoms with Crippen LogP contribution in [0.3, 0.4) is 0 Å². The van der Waals surface area contributed by atoms with Crippen LogP contribution in [0.2, 0.25) is 5.15 Å². The summed E-state index contributed by atoms with van der Waals surface area (Å²) >= 11 is 5.97. The number of nitrogens with zero attached hydrogens (tertiary/aromatic N) is 3. The van der Waals surface area contributed by atoms with Crippen molar-refractivity contribution in [3.8, 4) is 11.3 Å². The molecule has 0 bridgehead atoms. The average molecular weight is 518 g/mol. The Morgan fingerprint density at radius 2 is 1.86 bits per heavy atom. The third-order valence-corrected chi connectivity index (χ3v) is 6.28. The SMILES string of the molecule is O=NC(=O)c1cc2c([nH]1)-c1ccc(F)cc1N(C(=O)c1ccc(NC(=O)c3cccnc3Cl)cc1)CC2. The number of pyridine rings is 1. The summed E-state index contributed by atoms with van der Waals surface area (Å²) in [5, 5.41) is 5.22. The van der Waals surface area contributed by atoms with Crippen LogP contribution in [0.4, 0.5) is 15.8 Å². The highest BCUT2D eigenvalue weighted by Gasteiger charge is 2.28. The third-order valence-electron chi connectivity index (χ3n) is 5.98. The molecule has 1 aliphatic heterocycles. The van der Waals surface area contributed by atoms with E-state index in [0.29, 0.717) is 40.2 Å². The molecule has 0 aliphatic carbocycles. The Kier molecular flexibility index (Phi) is 6.33. The van der Waals surface area contributed by atoms with Crippen LogP contribution in [0, 0.1) is 10.7 Å². The number of halogens is 2. The lowest BCUT2D eigenvalue weighted by Gasteiger charge is -2.23. The highest BCUT2D eigenvalue weighted by Crippen LogP contribution is 2.37. The van der Waals surface area contributed by atoms with E-state index in [1.165, 1.54) is 35.4 Å². The van der Waals surface area contributed by atoms with E-state index in [2.05, 4.69) is 20.5 Å². The van der Waals surface area contributed by atoms with Crippen LogP contribution in [0.15, 0.2) is 72.0 Å². The van der Waals surface area contributed by atoms with Crippen molar-refractivity contribution >= 4 is 40.7 Å². The van der Waals surface area contributed by atoms with Crippen molar-refractivity contribution in [1.82, 2.24) is 9.97 Å². The zero-order valence-corrected chi connectivity index (χ0v) is 19.8. The van der Waals surface area contributed by atoms with E-state index < -0.39 is 17.6 Å². The van der Waals surface area contributed by atoms with Gasteiger partial charge >= 0.3 is 5.91 Å². The standard InChI is InChI=1S/C26H17ClFN5O4/c27-23-19(2-1-10-29-23)24(34)30-17-6-3-14(4-7-17)26(36)33-11-9-15-12-20(25(35)32-37)31-22(15)18-8-5-16(28)13-21(18)33/h1-8,10,12-13,31H,9,11H2,(H,30,34). The number of H-pyrrole nitrogens is 1. The number of nitrogens with one attached hydrogen (secondary N) is 2. The van der Waals surface area contributed by atoms with Crippen molar-refractivity contribution in [1.29, 1.82) is 0 Å². The van der Waals surface area contributed by atoms with E-state index in [9.17, 15) is 23.7 Å². The van der Waals surface area contributed by atoms with Crippen LogP contribution in [-0.2, 0) is 6.42 Å². The van der Waals surface area contributed by atoms with Crippen molar-refractivity contribution in [3.05, 3.63) is 105 Å². The monoisotopic (exact) mass is 517 g/mol. The second-order valence-corrected chi connectivity index (χ2v) is 8.58. The van der Waals surface area contributed by atoms with Gasteiger partial charge < -0.3 is 15.2 Å². The molecule has 4 aromatic rings. The van der Waals surface area contributed by atoms with Crippen molar-refractivity contribution in [2.75, 3.05) is 16.8 Å². The van der Waals surface area contributed by atoms with Gasteiger partial charge in [0.05, 0.1) is 16.9 Å². The molecule has 9 nitrogen and oxygen atoms in total. The quantitative estimate of drug-likeness (QED) is 0.283. The summed E-state index contributed by atoms with van der Waals surface area (Å²) in [4.78, 5) is 56.6. The maximum absolute atomic E-state index is 14.3. The lowest BCUT2D eigenvalue weighted by atomic mass is 10.1. The molecule has 0 saturated heterocycles. The van der Waals surface area contributed by atoms with Gasteiger partial charge in [0.2, 0.25) is 0 Å². The van der Waals surface area contributed by atoms with Crippen LogP contribution >= 0.6 is 11.6 Å². The molecule has 1 aliphatic rings. The molecule has 2 N–H and O–H groups in total. The average Bonchev–Trinajstić information content (AvgIpc) is 3.27. The Morgan fingerprint density at radius 3 is 2.59 bits per heavy atom. The molecular weight excluding hydrogens is 501 g/mol. The molecule has 5 rings (SSSR count). The summed E-state index contributed by atoms with van der Waals surface area (Å²) in [6.07, 6.45) is 1.82. The first-order valence-electron chi connectivity index (χ1n) is 11.1. The number of carbonyl (C=O) groups excluding carboxylic acids is 3. The van der Waals surface area contributed by atoms with E-state index >= 15 is 0 Å². The number of carbonyl (C=O) groups is 3. The normalized spacial score (nSPS) is 12.2. The number of fused-ring (bicyclic) bond motifs is 3. The van der Waals surface area contributed by atoms with Crippen molar-refractivity contribution < 1.29 is 18.8 Å². The van der Waals surface area contributed by atoms with Gasteiger partial charge in [0.25, 0.3) is 11.8 Å². The van der Waals surface area contributed by atoms with Gasteiger partial charge in [-0.1, -0.05) is 11.6 Å². The van der Waals surface area contributed by atoms with Gasteiger partial charge in [0.15, 0.2) is 0 Å². The van der Waals surface area contributed by atoms with Crippen molar-refractivity contribution in [3.63, 3.8) is 0 Å². The molecule has 3 heterocycles. The molecule has 0 saturated carbocycles. The number of nitroso groups, excluding NO2 is 1. The topological polar surface area (TPSA) is 125 Å². The highest BCUT2D eigenvalue weighted by molar-refractivity contribution is 6.33. The molecule has 2 aromatic carbocycles. The first-order chi connectivity index (χ1) is 17.9. The Hall–Kier alpha value is -4.70. The van der Waals surface area contributed by atoms with E-state index in [4.69, 9.17) is 11.6 Å². The maximum atomic E-state index is 14.3. The number of benzene rings is 2. The van der Waals surface area contributed by atoms with Crippen molar-refractivity contribution in [2.45, 2.75) is 6.42 Å². The van der Waals surface area contributed by atoms with Crippen LogP contribution in [0.25, 0.3) is 11.3 Å². The van der Waals surface area contributed by atoms with Gasteiger partial charge in [-0.25, -0.2) is 9.37 Å². The van der Waals surface area contributed by atoms with Gasteiger partial charge in [-0.05, 0) is 72.6 Å². The number of hydrogen-bond acceptors (Lipinski definition) is 5. The third kappa shape index (κ3) is 4.62. The zero-order valence-electron chi connectivity index (χ0n) is 19.0. The molecular formula is C26H17ClFN5O4. The fourth-order valence-electron chi connectivity index (χ4n) is 4.21. The molecule has 184 valence electrons. The van der Waals surface area contributed by atoms with E-state index in [-0.39, 0.29) is 28.9 Å². The molecule has 3 amide bonds. The molecule has 0 atom stereocenters. The summed E-state index contributed by atoms with van der Waals surface area (Å²) in [6, 6.07) is 14.9. The predicted molar refractivity (Wildman–Crippen MR) is 135 cm³/mol. The summed E-state index contributed by atoms with van der Waals surface area (Å²) < 4.78 is 14.3. The number of anilines is 2. The molecule has 0 fully saturated rings.